The van der Waals surface area contributed by atoms with E-state index in [1.165, 1.54) is 9.21 Å². The number of benzene rings is 1. The van der Waals surface area contributed by atoms with Gasteiger partial charge in [-0.3, -0.25) is 15.2 Å². The molecule has 7 nitrogen and oxygen atoms in total. The number of halogens is 2. The minimum absolute atomic E-state index is 0.0966. The molecule has 0 radical (unpaired) electrons. The highest BCUT2D eigenvalue weighted by Gasteiger charge is 2.54. The van der Waals surface area contributed by atoms with E-state index in [2.05, 4.69) is 5.32 Å². The van der Waals surface area contributed by atoms with E-state index < -0.39 is 33.6 Å². The van der Waals surface area contributed by atoms with Crippen molar-refractivity contribution < 1.29 is 22.3 Å². The van der Waals surface area contributed by atoms with Gasteiger partial charge in [0, 0.05) is 19.2 Å². The van der Waals surface area contributed by atoms with Gasteiger partial charge in [0.2, 0.25) is 0 Å². The summed E-state index contributed by atoms with van der Waals surface area (Å²) in [5.41, 5.74) is -0.842. The van der Waals surface area contributed by atoms with E-state index in [1.54, 1.807) is 0 Å². The van der Waals surface area contributed by atoms with E-state index in [-0.39, 0.29) is 24.8 Å². The fourth-order valence-corrected chi connectivity index (χ4v) is 5.47. The molecule has 10 heteroatoms. The quantitative estimate of drug-likeness (QED) is 0.754. The van der Waals surface area contributed by atoms with E-state index in [0.717, 1.165) is 50.1 Å². The standard InChI is InChI=1S/C19H24F2N4O3S/c1-29(27,28)24-8-6-19(7-9-24)17(22-15-4-2-3-5-15)23-18(26)25(19)16-11-13(20)10-14(21)12-16/h10-12,15H,2-9H2,1H3,(H-,22,23,26,27,28). The molecule has 158 valence electrons. The Morgan fingerprint density at radius 3 is 2.31 bits per heavy atom. The van der Waals surface area contributed by atoms with Gasteiger partial charge in [-0.25, -0.2) is 13.6 Å². The molecule has 1 aromatic carbocycles. The zero-order chi connectivity index (χ0) is 20.8. The first-order valence-electron chi connectivity index (χ1n) is 9.80. The summed E-state index contributed by atoms with van der Waals surface area (Å²) in [4.78, 5) is 19.0. The van der Waals surface area contributed by atoms with Crippen LogP contribution in [-0.2, 0) is 14.6 Å². The van der Waals surface area contributed by atoms with E-state index in [4.69, 9.17) is 4.99 Å². The highest BCUT2D eigenvalue weighted by Crippen LogP contribution is 2.40. The second-order valence-electron chi connectivity index (χ2n) is 8.00. The molecule has 29 heavy (non-hydrogen) atoms. The molecule has 1 atom stereocenters. The monoisotopic (exact) mass is 426 g/mol. The molecule has 3 fully saturated rings. The lowest BCUT2D eigenvalue weighted by Gasteiger charge is -2.43. The number of sulfonamides is 1. The second-order valence-corrected chi connectivity index (χ2v) is 9.99. The van der Waals surface area contributed by atoms with Crippen LogP contribution in [0.15, 0.2) is 23.2 Å². The van der Waals surface area contributed by atoms with E-state index in [1.807, 2.05) is 0 Å². The van der Waals surface area contributed by atoms with Crippen molar-refractivity contribution in [2.75, 3.05) is 24.2 Å². The number of amidine groups is 1. The lowest BCUT2D eigenvalue weighted by atomic mass is 9.85. The first kappa shape index (κ1) is 20.4. The van der Waals surface area contributed by atoms with Gasteiger partial charge < -0.3 is 4.55 Å². The molecule has 1 spiro atoms. The summed E-state index contributed by atoms with van der Waals surface area (Å²) >= 11 is 0. The number of hydrogen-bond acceptors (Lipinski definition) is 4. The van der Waals surface area contributed by atoms with Gasteiger partial charge in [0.1, 0.15) is 39.7 Å². The van der Waals surface area contributed by atoms with Gasteiger partial charge in [0.05, 0.1) is 11.7 Å². The Hall–Kier alpha value is -1.91. The Morgan fingerprint density at radius 1 is 1.17 bits per heavy atom. The van der Waals surface area contributed by atoms with Crippen LogP contribution < -0.4 is 10.2 Å². The van der Waals surface area contributed by atoms with Crippen molar-refractivity contribution in [3.63, 3.8) is 0 Å². The van der Waals surface area contributed by atoms with Crippen molar-refractivity contribution in [3.05, 3.63) is 29.8 Å². The van der Waals surface area contributed by atoms with Crippen LogP contribution in [0, 0.1) is 11.6 Å². The molecule has 1 aliphatic carbocycles. The highest BCUT2D eigenvalue weighted by atomic mass is 32.3. The fraction of sp³-hybridized carbons (Fsp3) is 0.579. The number of piperidine rings is 1. The van der Waals surface area contributed by atoms with Gasteiger partial charge in [0.25, 0.3) is 0 Å². The van der Waals surface area contributed by atoms with Crippen LogP contribution in [0.4, 0.5) is 19.3 Å². The van der Waals surface area contributed by atoms with Crippen molar-refractivity contribution in [3.8, 4) is 0 Å². The Labute approximate surface area is 169 Å². The number of rotatable bonds is 3. The van der Waals surface area contributed by atoms with Crippen molar-refractivity contribution in [1.82, 2.24) is 9.62 Å². The van der Waals surface area contributed by atoms with Crippen LogP contribution in [-0.4, -0.2) is 51.7 Å². The summed E-state index contributed by atoms with van der Waals surface area (Å²) < 4.78 is 53.1. The molecule has 1 saturated carbocycles. The Balaban J connectivity index is 1.75. The third kappa shape index (κ3) is 3.80. The minimum Gasteiger partial charge on any atom is -0.598 e. The molecule has 2 amide bonds. The van der Waals surface area contributed by atoms with Crippen molar-refractivity contribution in [2.24, 2.45) is 4.99 Å². The Bertz CT molecular complexity index is 869. The normalized spacial score (nSPS) is 26.3. The molecular formula is C19H24F2N4O3S. The van der Waals surface area contributed by atoms with E-state index in [9.17, 15) is 22.3 Å². The largest absolute Gasteiger partial charge is 0.598 e. The average Bonchev–Trinajstić information content (AvgIpc) is 3.21. The number of urea groups is 1. The molecular weight excluding hydrogens is 402 g/mol. The molecule has 0 bridgehead atoms. The van der Waals surface area contributed by atoms with Crippen LogP contribution in [0.2, 0.25) is 0 Å². The van der Waals surface area contributed by atoms with Crippen molar-refractivity contribution in [1.29, 1.82) is 0 Å². The molecule has 3 aliphatic rings. The third-order valence-electron chi connectivity index (χ3n) is 6.06. The zero-order valence-corrected chi connectivity index (χ0v) is 17.0. The number of nitrogens with one attached hydrogen (secondary N) is 1. The lowest BCUT2D eigenvalue weighted by molar-refractivity contribution is 0.240. The SMILES string of the molecule is C[S+](=O)([O-])N1CCC2(CC1)C(=NC1CCCC1)NC(=O)N2c1cc(F)cc(F)c1. The molecule has 2 aliphatic heterocycles. The summed E-state index contributed by atoms with van der Waals surface area (Å²) in [6.45, 7) is 0.400. The molecule has 2 saturated heterocycles. The number of amides is 2. The average molecular weight is 426 g/mol. The maximum absolute atomic E-state index is 13.9. The summed E-state index contributed by atoms with van der Waals surface area (Å²) in [6.07, 6.45) is 5.74. The van der Waals surface area contributed by atoms with Crippen LogP contribution in [0.25, 0.3) is 0 Å². The second kappa shape index (κ2) is 7.41. The number of hydrogen-bond donors (Lipinski definition) is 1. The number of anilines is 1. The van der Waals surface area contributed by atoms with E-state index in [0.29, 0.717) is 18.7 Å². The maximum atomic E-state index is 13.9. The smallest absolute Gasteiger partial charge is 0.328 e. The van der Waals surface area contributed by atoms with Gasteiger partial charge in [-0.2, -0.15) is 0 Å². The topological polar surface area (TPSA) is 88.1 Å². The van der Waals surface area contributed by atoms with Gasteiger partial charge in [-0.1, -0.05) is 17.1 Å². The van der Waals surface area contributed by atoms with Gasteiger partial charge in [0.15, 0.2) is 0 Å². The molecule has 1 N–H and O–H groups in total. The zero-order valence-electron chi connectivity index (χ0n) is 16.2. The molecule has 0 aromatic heterocycles. The van der Waals surface area contributed by atoms with Crippen LogP contribution in [0.5, 0.6) is 0 Å². The first-order chi connectivity index (χ1) is 13.7. The number of carbonyl (C=O) groups excluding carboxylic acids is 1. The van der Waals surface area contributed by atoms with Crippen LogP contribution in [0.3, 0.4) is 0 Å². The highest BCUT2D eigenvalue weighted by molar-refractivity contribution is 7.94. The Kier molecular flexibility index (Phi) is 5.20. The lowest BCUT2D eigenvalue weighted by Crippen LogP contribution is -2.58. The van der Waals surface area contributed by atoms with Gasteiger partial charge in [-0.15, -0.1) is 4.31 Å². The minimum atomic E-state index is -3.37. The molecule has 2 heterocycles. The summed E-state index contributed by atoms with van der Waals surface area (Å²) in [7, 11) is -3.37. The Morgan fingerprint density at radius 2 is 1.76 bits per heavy atom. The predicted octanol–water partition coefficient (Wildman–Crippen LogP) is 2.84. The predicted molar refractivity (Wildman–Crippen MR) is 105 cm³/mol. The van der Waals surface area contributed by atoms with E-state index >= 15 is 0 Å². The number of nitrogens with zero attached hydrogens (tertiary/aromatic N) is 3. The van der Waals surface area contributed by atoms with Gasteiger partial charge >= 0.3 is 6.03 Å². The van der Waals surface area contributed by atoms with Crippen LogP contribution in [0.1, 0.15) is 38.5 Å². The van der Waals surface area contributed by atoms with Crippen molar-refractivity contribution in [2.45, 2.75) is 50.1 Å². The molecule has 1 aromatic rings. The number of carbonyl (C=O) groups is 1. The summed E-state index contributed by atoms with van der Waals surface area (Å²) in [5.74, 6) is -1.08. The fourth-order valence-electron chi connectivity index (χ4n) is 4.62. The summed E-state index contributed by atoms with van der Waals surface area (Å²) in [5, 5.41) is 2.81. The molecule has 1 unspecified atom stereocenters. The molecule has 4 rings (SSSR count). The number of aliphatic imine (C=N–C) groups is 1. The van der Waals surface area contributed by atoms with Crippen molar-refractivity contribution >= 4 is 28.0 Å². The maximum Gasteiger partial charge on any atom is 0.328 e. The summed E-state index contributed by atoms with van der Waals surface area (Å²) in [6, 6.07) is 2.58. The van der Waals surface area contributed by atoms with Crippen LogP contribution >= 0.6 is 0 Å². The third-order valence-corrected chi connectivity index (χ3v) is 7.36. The first-order valence-corrected chi connectivity index (χ1v) is 11.6. The van der Waals surface area contributed by atoms with Gasteiger partial charge in [-0.05, 0) is 37.8 Å².